The molecule has 0 bridgehead atoms. The van der Waals surface area contributed by atoms with Crippen LogP contribution in [-0.4, -0.2) is 29.9 Å². The van der Waals surface area contributed by atoms with Gasteiger partial charge in [0.1, 0.15) is 0 Å². The number of carbonyl (C=O) groups is 1. The molecule has 1 heterocycles. The minimum atomic E-state index is -0.525. The second-order valence-electron chi connectivity index (χ2n) is 4.95. The molecule has 0 radical (unpaired) electrons. The number of nitrogens with two attached hydrogens (primary N) is 2. The maximum absolute atomic E-state index is 10.9. The Hall–Kier alpha value is -1.39. The third-order valence-corrected chi connectivity index (χ3v) is 3.55. The van der Waals surface area contributed by atoms with E-state index in [1.807, 2.05) is 0 Å². The number of nitrogens with zero attached hydrogens (tertiary/aromatic N) is 1. The van der Waals surface area contributed by atoms with Crippen LogP contribution in [0.25, 0.3) is 0 Å². The third-order valence-electron chi connectivity index (χ3n) is 3.55. The molecule has 2 rings (SSSR count). The van der Waals surface area contributed by atoms with Crippen LogP contribution in [-0.2, 0) is 17.8 Å². The van der Waals surface area contributed by atoms with Gasteiger partial charge in [0.25, 0.3) is 0 Å². The molecular formula is C14H21N3O. The molecule has 1 aromatic carbocycles. The van der Waals surface area contributed by atoms with E-state index in [4.69, 9.17) is 11.5 Å². The Morgan fingerprint density at radius 1 is 1.33 bits per heavy atom. The van der Waals surface area contributed by atoms with Gasteiger partial charge in [0.2, 0.25) is 5.91 Å². The first kappa shape index (κ1) is 13.1. The molecule has 1 atom stereocenters. The first-order valence-corrected chi connectivity index (χ1v) is 6.51. The van der Waals surface area contributed by atoms with E-state index in [2.05, 4.69) is 29.2 Å². The molecule has 0 saturated carbocycles. The third kappa shape index (κ3) is 3.31. The van der Waals surface area contributed by atoms with Crippen molar-refractivity contribution < 1.29 is 4.79 Å². The van der Waals surface area contributed by atoms with Crippen molar-refractivity contribution in [2.75, 3.05) is 13.1 Å². The van der Waals surface area contributed by atoms with Gasteiger partial charge in [-0.05, 0) is 36.9 Å². The molecule has 0 spiro atoms. The van der Waals surface area contributed by atoms with Crippen molar-refractivity contribution in [3.63, 3.8) is 0 Å². The van der Waals surface area contributed by atoms with E-state index in [0.29, 0.717) is 6.42 Å². The maximum Gasteiger partial charge on any atom is 0.234 e. The average molecular weight is 247 g/mol. The predicted octanol–water partition coefficient (Wildman–Crippen LogP) is 0.637. The van der Waals surface area contributed by atoms with Crippen molar-refractivity contribution in [2.24, 2.45) is 11.5 Å². The summed E-state index contributed by atoms with van der Waals surface area (Å²) in [5.41, 5.74) is 13.7. The highest BCUT2D eigenvalue weighted by atomic mass is 16.1. The maximum atomic E-state index is 10.9. The van der Waals surface area contributed by atoms with Crippen molar-refractivity contribution in [2.45, 2.75) is 31.8 Å². The van der Waals surface area contributed by atoms with E-state index >= 15 is 0 Å². The van der Waals surface area contributed by atoms with Crippen LogP contribution in [0.4, 0.5) is 0 Å². The minimum Gasteiger partial charge on any atom is -0.368 e. The largest absolute Gasteiger partial charge is 0.368 e. The van der Waals surface area contributed by atoms with E-state index < -0.39 is 11.9 Å². The molecule has 0 aromatic heterocycles. The van der Waals surface area contributed by atoms with Crippen LogP contribution in [0.15, 0.2) is 24.3 Å². The smallest absolute Gasteiger partial charge is 0.234 e. The van der Waals surface area contributed by atoms with Crippen LogP contribution in [0.2, 0.25) is 0 Å². The zero-order valence-corrected chi connectivity index (χ0v) is 10.6. The molecule has 18 heavy (non-hydrogen) atoms. The molecule has 1 unspecified atom stereocenters. The lowest BCUT2D eigenvalue weighted by Crippen LogP contribution is -2.39. The summed E-state index contributed by atoms with van der Waals surface area (Å²) in [7, 11) is 0. The first-order valence-electron chi connectivity index (χ1n) is 6.51. The van der Waals surface area contributed by atoms with Crippen molar-refractivity contribution in [3.8, 4) is 0 Å². The highest BCUT2D eigenvalue weighted by Crippen LogP contribution is 2.18. The SMILES string of the molecule is NC(=O)C(N)CCN1CCCc2ccccc2C1. The van der Waals surface area contributed by atoms with Crippen LogP contribution >= 0.6 is 0 Å². The summed E-state index contributed by atoms with van der Waals surface area (Å²) in [6, 6.07) is 8.04. The number of hydrogen-bond acceptors (Lipinski definition) is 3. The average Bonchev–Trinajstić information content (AvgIpc) is 2.57. The number of primary amides is 1. The number of fused-ring (bicyclic) bond motifs is 1. The Morgan fingerprint density at radius 3 is 2.78 bits per heavy atom. The molecule has 98 valence electrons. The Bertz CT molecular complexity index is 419. The molecule has 4 N–H and O–H groups in total. The number of benzene rings is 1. The van der Waals surface area contributed by atoms with Gasteiger partial charge in [-0.1, -0.05) is 24.3 Å². The first-order chi connectivity index (χ1) is 8.66. The molecule has 1 aliphatic rings. The lowest BCUT2D eigenvalue weighted by molar-refractivity contribution is -0.119. The van der Waals surface area contributed by atoms with Crippen LogP contribution in [0.1, 0.15) is 24.0 Å². The zero-order chi connectivity index (χ0) is 13.0. The Labute approximate surface area is 108 Å². The molecule has 0 aliphatic carbocycles. The van der Waals surface area contributed by atoms with Crippen LogP contribution in [0, 0.1) is 0 Å². The molecule has 1 aromatic rings. The second kappa shape index (κ2) is 5.98. The fourth-order valence-corrected chi connectivity index (χ4v) is 2.42. The summed E-state index contributed by atoms with van der Waals surface area (Å²) >= 11 is 0. The number of aryl methyl sites for hydroxylation is 1. The van der Waals surface area contributed by atoms with Crippen molar-refractivity contribution in [1.29, 1.82) is 0 Å². The quantitative estimate of drug-likeness (QED) is 0.820. The second-order valence-corrected chi connectivity index (χ2v) is 4.95. The summed E-state index contributed by atoms with van der Waals surface area (Å²) in [6.07, 6.45) is 2.93. The van der Waals surface area contributed by atoms with Gasteiger partial charge in [0, 0.05) is 13.1 Å². The summed E-state index contributed by atoms with van der Waals surface area (Å²) in [4.78, 5) is 13.3. The standard InChI is InChI=1S/C14H21N3O/c15-13(14(16)18)7-9-17-8-3-6-11-4-1-2-5-12(11)10-17/h1-2,4-5,13H,3,6-10,15H2,(H2,16,18). The van der Waals surface area contributed by atoms with Crippen molar-refractivity contribution in [3.05, 3.63) is 35.4 Å². The lowest BCUT2D eigenvalue weighted by atomic mass is 10.0. The Morgan fingerprint density at radius 2 is 2.06 bits per heavy atom. The van der Waals surface area contributed by atoms with Gasteiger partial charge in [0.15, 0.2) is 0 Å². The van der Waals surface area contributed by atoms with Crippen LogP contribution < -0.4 is 11.5 Å². The van der Waals surface area contributed by atoms with Gasteiger partial charge >= 0.3 is 0 Å². The van der Waals surface area contributed by atoms with Gasteiger partial charge < -0.3 is 11.5 Å². The van der Waals surface area contributed by atoms with Gasteiger partial charge in [0.05, 0.1) is 6.04 Å². The molecule has 4 heteroatoms. The van der Waals surface area contributed by atoms with E-state index in [9.17, 15) is 4.79 Å². The highest BCUT2D eigenvalue weighted by molar-refractivity contribution is 5.79. The van der Waals surface area contributed by atoms with E-state index in [1.54, 1.807) is 0 Å². The van der Waals surface area contributed by atoms with E-state index in [1.165, 1.54) is 11.1 Å². The highest BCUT2D eigenvalue weighted by Gasteiger charge is 2.16. The molecule has 4 nitrogen and oxygen atoms in total. The Kier molecular flexibility index (Phi) is 4.33. The van der Waals surface area contributed by atoms with Crippen molar-refractivity contribution in [1.82, 2.24) is 4.90 Å². The summed E-state index contributed by atoms with van der Waals surface area (Å²) < 4.78 is 0. The van der Waals surface area contributed by atoms with Crippen LogP contribution in [0.3, 0.4) is 0 Å². The van der Waals surface area contributed by atoms with Gasteiger partial charge in [-0.3, -0.25) is 9.69 Å². The molecule has 0 fully saturated rings. The van der Waals surface area contributed by atoms with Gasteiger partial charge in [-0.25, -0.2) is 0 Å². The fraction of sp³-hybridized carbons (Fsp3) is 0.500. The summed E-state index contributed by atoms with van der Waals surface area (Å²) in [5.74, 6) is -0.412. The number of amides is 1. The summed E-state index contributed by atoms with van der Waals surface area (Å²) in [6.45, 7) is 2.83. The van der Waals surface area contributed by atoms with E-state index in [0.717, 1.165) is 32.5 Å². The number of hydrogen-bond donors (Lipinski definition) is 2. The monoisotopic (exact) mass is 247 g/mol. The fourth-order valence-electron chi connectivity index (χ4n) is 2.42. The van der Waals surface area contributed by atoms with Crippen LogP contribution in [0.5, 0.6) is 0 Å². The predicted molar refractivity (Wildman–Crippen MR) is 71.8 cm³/mol. The topological polar surface area (TPSA) is 72.3 Å². The molecular weight excluding hydrogens is 226 g/mol. The summed E-state index contributed by atoms with van der Waals surface area (Å²) in [5, 5.41) is 0. The van der Waals surface area contributed by atoms with Gasteiger partial charge in [-0.15, -0.1) is 0 Å². The van der Waals surface area contributed by atoms with E-state index in [-0.39, 0.29) is 0 Å². The lowest BCUT2D eigenvalue weighted by Gasteiger charge is -2.21. The zero-order valence-electron chi connectivity index (χ0n) is 10.6. The van der Waals surface area contributed by atoms with Crippen molar-refractivity contribution >= 4 is 5.91 Å². The molecule has 1 aliphatic heterocycles. The normalized spacial score (nSPS) is 17.8. The Balaban J connectivity index is 1.94. The number of rotatable bonds is 4. The molecule has 1 amide bonds. The molecule has 0 saturated heterocycles. The number of carbonyl (C=O) groups excluding carboxylic acids is 1. The van der Waals surface area contributed by atoms with Gasteiger partial charge in [-0.2, -0.15) is 0 Å². The minimum absolute atomic E-state index is 0.412.